The zero-order chi connectivity index (χ0) is 24.0. The van der Waals surface area contributed by atoms with Gasteiger partial charge >= 0.3 is 0 Å². The molecule has 3 aromatic rings. The van der Waals surface area contributed by atoms with Crippen molar-refractivity contribution in [3.05, 3.63) is 95.6 Å². The Morgan fingerprint density at radius 2 is 1.50 bits per heavy atom. The first kappa shape index (κ1) is 23.9. The Bertz CT molecular complexity index is 1110. The minimum atomic E-state index is -0.131. The molecule has 1 fully saturated rings. The first-order chi connectivity index (χ1) is 16.4. The van der Waals surface area contributed by atoms with Crippen LogP contribution in [0.15, 0.2) is 78.9 Å². The Kier molecular flexibility index (Phi) is 7.61. The maximum absolute atomic E-state index is 12.4. The number of nitrogens with zero attached hydrogens (tertiary/aromatic N) is 1. The van der Waals surface area contributed by atoms with E-state index in [0.717, 1.165) is 48.3 Å². The fourth-order valence-corrected chi connectivity index (χ4v) is 4.57. The molecule has 3 aromatic carbocycles. The third kappa shape index (κ3) is 6.43. The Hall–Kier alpha value is -3.21. The third-order valence-corrected chi connectivity index (χ3v) is 6.71. The SMILES string of the molecule is Cc1ccc(-c2ccc(/C=C/C(=O)Nc3ccc(C[N+](C)(C)C4CCOCC4)cc3)cc2)cc1. The zero-order valence-corrected chi connectivity index (χ0v) is 20.5. The molecule has 1 saturated heterocycles. The van der Waals surface area contributed by atoms with E-state index >= 15 is 0 Å². The molecule has 1 heterocycles. The topological polar surface area (TPSA) is 38.3 Å². The maximum atomic E-state index is 12.4. The van der Waals surface area contributed by atoms with Gasteiger partial charge in [-0.05, 0) is 41.8 Å². The molecule has 4 heteroatoms. The van der Waals surface area contributed by atoms with E-state index in [-0.39, 0.29) is 5.91 Å². The molecule has 1 N–H and O–H groups in total. The van der Waals surface area contributed by atoms with E-state index in [2.05, 4.69) is 74.9 Å². The standard InChI is InChI=1S/C30H34N2O2/c1-23-4-11-26(12-5-23)27-13-6-24(7-14-27)10-17-30(33)31-28-15-8-25(9-16-28)22-32(2,3)29-18-20-34-21-19-29/h4-17,29H,18-22H2,1-3H3/p+1/b17-10+. The van der Waals surface area contributed by atoms with Crippen molar-refractivity contribution in [2.45, 2.75) is 32.4 Å². The Balaban J connectivity index is 1.30. The van der Waals surface area contributed by atoms with Crippen LogP contribution in [-0.4, -0.2) is 43.7 Å². The number of carbonyl (C=O) groups is 1. The van der Waals surface area contributed by atoms with Gasteiger partial charge in [-0.15, -0.1) is 0 Å². The quantitative estimate of drug-likeness (QED) is 0.347. The van der Waals surface area contributed by atoms with Gasteiger partial charge in [-0.1, -0.05) is 66.2 Å². The molecule has 0 spiro atoms. The van der Waals surface area contributed by atoms with Crippen LogP contribution in [0.2, 0.25) is 0 Å². The molecular weight excluding hydrogens is 420 g/mol. The highest BCUT2D eigenvalue weighted by atomic mass is 16.5. The second kappa shape index (κ2) is 10.8. The van der Waals surface area contributed by atoms with Gasteiger partial charge in [-0.3, -0.25) is 4.79 Å². The van der Waals surface area contributed by atoms with Crippen LogP contribution in [0, 0.1) is 6.92 Å². The van der Waals surface area contributed by atoms with Crippen molar-refractivity contribution in [1.29, 1.82) is 0 Å². The molecular formula is C30H35N2O2+. The number of anilines is 1. The Morgan fingerprint density at radius 3 is 2.12 bits per heavy atom. The molecule has 1 amide bonds. The first-order valence-electron chi connectivity index (χ1n) is 12.0. The molecule has 0 bridgehead atoms. The van der Waals surface area contributed by atoms with Crippen LogP contribution in [0.5, 0.6) is 0 Å². The summed E-state index contributed by atoms with van der Waals surface area (Å²) in [5.41, 5.74) is 6.69. The van der Waals surface area contributed by atoms with Crippen LogP contribution in [-0.2, 0) is 16.1 Å². The molecule has 0 atom stereocenters. The molecule has 4 rings (SSSR count). The average Bonchev–Trinajstić information content (AvgIpc) is 2.85. The number of rotatable bonds is 7. The number of hydrogen-bond acceptors (Lipinski definition) is 2. The van der Waals surface area contributed by atoms with Gasteiger partial charge in [0, 0.05) is 30.2 Å². The highest BCUT2D eigenvalue weighted by Gasteiger charge is 2.30. The minimum Gasteiger partial charge on any atom is -0.381 e. The highest BCUT2D eigenvalue weighted by molar-refractivity contribution is 6.01. The van der Waals surface area contributed by atoms with Crippen molar-refractivity contribution in [2.24, 2.45) is 0 Å². The lowest BCUT2D eigenvalue weighted by Crippen LogP contribution is -2.50. The number of hydrogen-bond donors (Lipinski definition) is 1. The monoisotopic (exact) mass is 455 g/mol. The number of benzene rings is 3. The van der Waals surface area contributed by atoms with E-state index in [1.54, 1.807) is 6.08 Å². The van der Waals surface area contributed by atoms with E-state index in [4.69, 9.17) is 4.74 Å². The number of aryl methyl sites for hydroxylation is 1. The predicted octanol–water partition coefficient (Wildman–Crippen LogP) is 6.07. The minimum absolute atomic E-state index is 0.131. The van der Waals surface area contributed by atoms with Crippen molar-refractivity contribution in [2.75, 3.05) is 32.6 Å². The molecule has 1 aliphatic heterocycles. The molecule has 1 aliphatic rings. The van der Waals surface area contributed by atoms with E-state index in [0.29, 0.717) is 6.04 Å². The summed E-state index contributed by atoms with van der Waals surface area (Å²) in [5.74, 6) is -0.131. The Labute approximate surface area is 203 Å². The molecule has 34 heavy (non-hydrogen) atoms. The van der Waals surface area contributed by atoms with Crippen LogP contribution in [0.1, 0.15) is 29.5 Å². The van der Waals surface area contributed by atoms with Gasteiger partial charge in [0.1, 0.15) is 6.54 Å². The van der Waals surface area contributed by atoms with Gasteiger partial charge in [-0.25, -0.2) is 0 Å². The van der Waals surface area contributed by atoms with Crippen molar-refractivity contribution in [1.82, 2.24) is 0 Å². The summed E-state index contributed by atoms with van der Waals surface area (Å²) in [6.45, 7) is 4.78. The van der Waals surface area contributed by atoms with E-state index < -0.39 is 0 Å². The summed E-state index contributed by atoms with van der Waals surface area (Å²) in [5, 5.41) is 2.96. The molecule has 176 valence electrons. The van der Waals surface area contributed by atoms with Crippen LogP contribution in [0.3, 0.4) is 0 Å². The van der Waals surface area contributed by atoms with E-state index in [9.17, 15) is 4.79 Å². The number of carbonyl (C=O) groups excluding carboxylic acids is 1. The van der Waals surface area contributed by atoms with Crippen LogP contribution >= 0.6 is 0 Å². The first-order valence-corrected chi connectivity index (χ1v) is 12.0. The predicted molar refractivity (Wildman–Crippen MR) is 140 cm³/mol. The summed E-state index contributed by atoms with van der Waals surface area (Å²) in [4.78, 5) is 12.4. The van der Waals surface area contributed by atoms with Crippen LogP contribution < -0.4 is 5.32 Å². The van der Waals surface area contributed by atoms with Gasteiger partial charge in [0.25, 0.3) is 0 Å². The van der Waals surface area contributed by atoms with Crippen molar-refractivity contribution in [3.8, 4) is 11.1 Å². The fraction of sp³-hybridized carbons (Fsp3) is 0.300. The van der Waals surface area contributed by atoms with Crippen molar-refractivity contribution >= 4 is 17.7 Å². The molecule has 0 radical (unpaired) electrons. The second-order valence-corrected chi connectivity index (χ2v) is 9.79. The zero-order valence-electron chi connectivity index (χ0n) is 20.5. The normalized spacial score (nSPS) is 14.9. The third-order valence-electron chi connectivity index (χ3n) is 6.71. The lowest BCUT2D eigenvalue weighted by Gasteiger charge is -2.40. The van der Waals surface area contributed by atoms with E-state index in [1.807, 2.05) is 30.3 Å². The number of ether oxygens (including phenoxy) is 1. The summed E-state index contributed by atoms with van der Waals surface area (Å²) in [6.07, 6.45) is 5.65. The molecule has 0 aromatic heterocycles. The molecule has 0 unspecified atom stereocenters. The summed E-state index contributed by atoms with van der Waals surface area (Å²) in [6, 6.07) is 25.6. The summed E-state index contributed by atoms with van der Waals surface area (Å²) < 4.78 is 6.48. The number of nitrogens with one attached hydrogen (secondary N) is 1. The summed E-state index contributed by atoms with van der Waals surface area (Å²) in [7, 11) is 4.59. The average molecular weight is 456 g/mol. The number of amides is 1. The lowest BCUT2D eigenvalue weighted by molar-refractivity contribution is -0.929. The van der Waals surface area contributed by atoms with Gasteiger partial charge in [0.2, 0.25) is 5.91 Å². The molecule has 0 aliphatic carbocycles. The lowest BCUT2D eigenvalue weighted by atomic mass is 10.0. The number of quaternary nitrogens is 1. The molecule has 0 saturated carbocycles. The van der Waals surface area contributed by atoms with E-state index in [1.165, 1.54) is 22.3 Å². The van der Waals surface area contributed by atoms with Gasteiger partial charge in [-0.2, -0.15) is 0 Å². The van der Waals surface area contributed by atoms with Gasteiger partial charge in [0.15, 0.2) is 0 Å². The highest BCUT2D eigenvalue weighted by Crippen LogP contribution is 2.23. The second-order valence-electron chi connectivity index (χ2n) is 9.79. The summed E-state index contributed by atoms with van der Waals surface area (Å²) >= 11 is 0. The largest absolute Gasteiger partial charge is 0.381 e. The van der Waals surface area contributed by atoms with Crippen LogP contribution in [0.25, 0.3) is 17.2 Å². The van der Waals surface area contributed by atoms with Crippen LogP contribution in [0.4, 0.5) is 5.69 Å². The van der Waals surface area contributed by atoms with Gasteiger partial charge in [0.05, 0.1) is 33.4 Å². The molecule has 4 nitrogen and oxygen atoms in total. The smallest absolute Gasteiger partial charge is 0.248 e. The van der Waals surface area contributed by atoms with Crippen molar-refractivity contribution in [3.63, 3.8) is 0 Å². The maximum Gasteiger partial charge on any atom is 0.248 e. The fourth-order valence-electron chi connectivity index (χ4n) is 4.57. The van der Waals surface area contributed by atoms with Gasteiger partial charge < -0.3 is 14.5 Å². The van der Waals surface area contributed by atoms with Crippen molar-refractivity contribution < 1.29 is 14.0 Å². The Morgan fingerprint density at radius 1 is 0.912 bits per heavy atom.